The number of hydrogen-bond donors (Lipinski definition) is 1. The maximum Gasteiger partial charge on any atom is 0.269 e. The van der Waals surface area contributed by atoms with E-state index in [0.717, 1.165) is 28.6 Å². The van der Waals surface area contributed by atoms with E-state index in [-0.39, 0.29) is 5.69 Å². The van der Waals surface area contributed by atoms with Crippen molar-refractivity contribution in [3.8, 4) is 0 Å². The number of sulfonamides is 1. The molecule has 0 radical (unpaired) electrons. The van der Waals surface area contributed by atoms with Crippen molar-refractivity contribution in [1.29, 1.82) is 0 Å². The van der Waals surface area contributed by atoms with Gasteiger partial charge in [-0.3, -0.25) is 14.8 Å². The van der Waals surface area contributed by atoms with Gasteiger partial charge in [-0.1, -0.05) is 48.5 Å². The highest BCUT2D eigenvalue weighted by atomic mass is 32.2. The van der Waals surface area contributed by atoms with E-state index in [4.69, 9.17) is 0 Å². The van der Waals surface area contributed by atoms with Crippen molar-refractivity contribution in [2.75, 3.05) is 15.9 Å². The van der Waals surface area contributed by atoms with Crippen LogP contribution in [0.25, 0.3) is 0 Å². The Morgan fingerprint density at radius 2 is 1.50 bits per heavy atom. The molecule has 0 aliphatic rings. The second kappa shape index (κ2) is 8.96. The standard InChI is InChI=1S/C22H23N3O4S/c1-17-21(23-30(2,28)29)9-6-10-22(17)24(15-18-7-4-3-5-8-18)16-19-11-13-20(14-12-19)25(26)27/h3-14,23H,15-16H2,1-2H3. The first-order chi connectivity index (χ1) is 14.2. The molecule has 7 nitrogen and oxygen atoms in total. The molecular formula is C22H23N3O4S. The molecular weight excluding hydrogens is 402 g/mol. The van der Waals surface area contributed by atoms with Crippen LogP contribution in [-0.4, -0.2) is 19.6 Å². The largest absolute Gasteiger partial charge is 0.363 e. The summed E-state index contributed by atoms with van der Waals surface area (Å²) >= 11 is 0. The van der Waals surface area contributed by atoms with E-state index in [1.165, 1.54) is 12.1 Å². The van der Waals surface area contributed by atoms with Crippen LogP contribution in [-0.2, 0) is 23.1 Å². The molecule has 0 atom stereocenters. The van der Waals surface area contributed by atoms with Gasteiger partial charge in [0.2, 0.25) is 10.0 Å². The van der Waals surface area contributed by atoms with E-state index in [9.17, 15) is 18.5 Å². The van der Waals surface area contributed by atoms with Crippen LogP contribution in [0.2, 0.25) is 0 Å². The van der Waals surface area contributed by atoms with Gasteiger partial charge in [0, 0.05) is 30.9 Å². The molecule has 0 aromatic heterocycles. The number of benzene rings is 3. The molecule has 0 saturated carbocycles. The summed E-state index contributed by atoms with van der Waals surface area (Å²) in [5, 5.41) is 10.9. The van der Waals surface area contributed by atoms with Crippen molar-refractivity contribution < 1.29 is 13.3 Å². The van der Waals surface area contributed by atoms with E-state index >= 15 is 0 Å². The van der Waals surface area contributed by atoms with Gasteiger partial charge in [0.05, 0.1) is 16.9 Å². The summed E-state index contributed by atoms with van der Waals surface area (Å²) in [6.45, 7) is 2.98. The predicted octanol–water partition coefficient (Wildman–Crippen LogP) is 4.48. The van der Waals surface area contributed by atoms with Gasteiger partial charge < -0.3 is 4.90 Å². The first kappa shape index (κ1) is 21.3. The Hall–Kier alpha value is -3.39. The molecule has 8 heteroatoms. The number of nitrogens with one attached hydrogen (secondary N) is 1. The third-order valence-corrected chi connectivity index (χ3v) is 5.27. The van der Waals surface area contributed by atoms with Gasteiger partial charge in [0.1, 0.15) is 0 Å². The zero-order valence-corrected chi connectivity index (χ0v) is 17.6. The number of nitro groups is 1. The third-order valence-electron chi connectivity index (χ3n) is 4.68. The smallest absolute Gasteiger partial charge is 0.269 e. The maximum atomic E-state index is 11.7. The van der Waals surface area contributed by atoms with Gasteiger partial charge in [-0.2, -0.15) is 0 Å². The fourth-order valence-corrected chi connectivity index (χ4v) is 3.87. The number of nitrogens with zero attached hydrogens (tertiary/aromatic N) is 2. The van der Waals surface area contributed by atoms with Crippen LogP contribution in [0.1, 0.15) is 16.7 Å². The summed E-state index contributed by atoms with van der Waals surface area (Å²) in [6, 6.07) is 21.9. The fourth-order valence-electron chi connectivity index (χ4n) is 3.25. The molecule has 0 unspecified atom stereocenters. The molecule has 3 rings (SSSR count). The van der Waals surface area contributed by atoms with Crippen molar-refractivity contribution in [1.82, 2.24) is 0 Å². The Bertz CT molecular complexity index is 1130. The molecule has 0 amide bonds. The topological polar surface area (TPSA) is 92.6 Å². The lowest BCUT2D eigenvalue weighted by Gasteiger charge is -2.28. The number of non-ortho nitro benzene ring substituents is 1. The quantitative estimate of drug-likeness (QED) is 0.424. The van der Waals surface area contributed by atoms with E-state index in [0.29, 0.717) is 18.8 Å². The summed E-state index contributed by atoms with van der Waals surface area (Å²) in [6.07, 6.45) is 1.12. The lowest BCUT2D eigenvalue weighted by Crippen LogP contribution is -2.23. The summed E-state index contributed by atoms with van der Waals surface area (Å²) < 4.78 is 26.0. The molecule has 0 heterocycles. The van der Waals surface area contributed by atoms with E-state index in [2.05, 4.69) is 9.62 Å². The highest BCUT2D eigenvalue weighted by Gasteiger charge is 2.15. The molecule has 156 valence electrons. The van der Waals surface area contributed by atoms with Gasteiger partial charge in [0.25, 0.3) is 5.69 Å². The number of hydrogen-bond acceptors (Lipinski definition) is 5. The Kier molecular flexibility index (Phi) is 6.37. The van der Waals surface area contributed by atoms with Crippen molar-refractivity contribution in [2.24, 2.45) is 0 Å². The van der Waals surface area contributed by atoms with E-state index in [1.54, 1.807) is 18.2 Å². The predicted molar refractivity (Wildman–Crippen MR) is 119 cm³/mol. The number of nitro benzene ring substituents is 1. The second-order valence-corrected chi connectivity index (χ2v) is 8.84. The van der Waals surface area contributed by atoms with Crippen LogP contribution in [0.5, 0.6) is 0 Å². The first-order valence-corrected chi connectivity index (χ1v) is 11.2. The van der Waals surface area contributed by atoms with Crippen LogP contribution in [0.3, 0.4) is 0 Å². The summed E-state index contributed by atoms with van der Waals surface area (Å²) in [5.74, 6) is 0. The van der Waals surface area contributed by atoms with E-state index in [1.807, 2.05) is 49.4 Å². The van der Waals surface area contributed by atoms with Gasteiger partial charge >= 0.3 is 0 Å². The molecule has 0 aliphatic carbocycles. The first-order valence-electron chi connectivity index (χ1n) is 9.32. The van der Waals surface area contributed by atoms with E-state index < -0.39 is 14.9 Å². The maximum absolute atomic E-state index is 11.7. The SMILES string of the molecule is Cc1c(NS(C)(=O)=O)cccc1N(Cc1ccccc1)Cc1ccc([N+](=O)[O-])cc1. The molecule has 1 N–H and O–H groups in total. The minimum absolute atomic E-state index is 0.0453. The zero-order valence-electron chi connectivity index (χ0n) is 16.8. The minimum Gasteiger partial charge on any atom is -0.363 e. The molecule has 0 spiro atoms. The van der Waals surface area contributed by atoms with Crippen molar-refractivity contribution >= 4 is 27.1 Å². The van der Waals surface area contributed by atoms with Gasteiger partial charge in [-0.25, -0.2) is 8.42 Å². The average Bonchev–Trinajstić information content (AvgIpc) is 2.69. The second-order valence-electron chi connectivity index (χ2n) is 7.09. The lowest BCUT2D eigenvalue weighted by molar-refractivity contribution is -0.384. The Labute approximate surface area is 176 Å². The zero-order chi connectivity index (χ0) is 21.7. The van der Waals surface area contributed by atoms with Crippen LogP contribution in [0.4, 0.5) is 17.1 Å². The highest BCUT2D eigenvalue weighted by Crippen LogP contribution is 2.30. The van der Waals surface area contributed by atoms with Gasteiger partial charge in [0.15, 0.2) is 0 Å². The fraction of sp³-hybridized carbons (Fsp3) is 0.182. The normalized spacial score (nSPS) is 11.1. The molecule has 30 heavy (non-hydrogen) atoms. The third kappa shape index (κ3) is 5.57. The molecule has 3 aromatic rings. The average molecular weight is 426 g/mol. The molecule has 0 aliphatic heterocycles. The molecule has 0 saturated heterocycles. The summed E-state index contributed by atoms with van der Waals surface area (Å²) in [4.78, 5) is 12.6. The summed E-state index contributed by atoms with van der Waals surface area (Å²) in [7, 11) is -3.41. The highest BCUT2D eigenvalue weighted by molar-refractivity contribution is 7.92. The molecule has 0 fully saturated rings. The Morgan fingerprint density at radius 3 is 2.07 bits per heavy atom. The van der Waals surface area contributed by atoms with Crippen LogP contribution in [0.15, 0.2) is 72.8 Å². The lowest BCUT2D eigenvalue weighted by atomic mass is 10.1. The van der Waals surface area contributed by atoms with Gasteiger partial charge in [-0.15, -0.1) is 0 Å². The Balaban J connectivity index is 1.97. The van der Waals surface area contributed by atoms with Crippen LogP contribution < -0.4 is 9.62 Å². The number of rotatable bonds is 8. The Morgan fingerprint density at radius 1 is 0.900 bits per heavy atom. The monoisotopic (exact) mass is 425 g/mol. The van der Waals surface area contributed by atoms with Crippen LogP contribution >= 0.6 is 0 Å². The van der Waals surface area contributed by atoms with Crippen molar-refractivity contribution in [2.45, 2.75) is 20.0 Å². The van der Waals surface area contributed by atoms with Crippen molar-refractivity contribution in [3.63, 3.8) is 0 Å². The van der Waals surface area contributed by atoms with Crippen LogP contribution in [0, 0.1) is 17.0 Å². The minimum atomic E-state index is -3.41. The summed E-state index contributed by atoms with van der Waals surface area (Å²) in [5.41, 5.74) is 4.27. The number of anilines is 2. The van der Waals surface area contributed by atoms with Crippen molar-refractivity contribution in [3.05, 3.63) is 99.6 Å². The molecule has 3 aromatic carbocycles. The van der Waals surface area contributed by atoms with Gasteiger partial charge in [-0.05, 0) is 35.7 Å². The molecule has 0 bridgehead atoms.